The van der Waals surface area contributed by atoms with Crippen LogP contribution in [0.25, 0.3) is 0 Å². The normalized spacial score (nSPS) is 19.0. The summed E-state index contributed by atoms with van der Waals surface area (Å²) in [5.74, 6) is 0.429. The van der Waals surface area contributed by atoms with E-state index in [1.54, 1.807) is 36.4 Å². The van der Waals surface area contributed by atoms with E-state index in [0.29, 0.717) is 28.5 Å². The first-order valence-corrected chi connectivity index (χ1v) is 9.62. The lowest BCUT2D eigenvalue weighted by Crippen LogP contribution is -2.21. The molecule has 0 saturated carbocycles. The lowest BCUT2D eigenvalue weighted by molar-refractivity contribution is 0.102. The zero-order chi connectivity index (χ0) is 17.2. The van der Waals surface area contributed by atoms with Crippen LogP contribution in [0.15, 0.2) is 42.6 Å². The van der Waals surface area contributed by atoms with Gasteiger partial charge in [-0.3, -0.25) is 4.79 Å². The van der Waals surface area contributed by atoms with Crippen LogP contribution in [-0.4, -0.2) is 36.9 Å². The number of carbonyl (C=O) groups excluding carboxylic acids is 1. The summed E-state index contributed by atoms with van der Waals surface area (Å²) in [6, 6.07) is 9.97. The first-order chi connectivity index (χ1) is 11.4. The number of pyridine rings is 1. The fourth-order valence-corrected chi connectivity index (χ4v) is 4.38. The molecule has 2 N–H and O–H groups in total. The minimum Gasteiger partial charge on any atom is -0.366 e. The maximum absolute atomic E-state index is 12.3. The zero-order valence-electron chi connectivity index (χ0n) is 12.7. The summed E-state index contributed by atoms with van der Waals surface area (Å²) in [5, 5.41) is 6.26. The van der Waals surface area contributed by atoms with E-state index in [2.05, 4.69) is 15.6 Å². The molecule has 0 bridgehead atoms. The highest BCUT2D eigenvalue weighted by Gasteiger charge is 2.28. The van der Waals surface area contributed by atoms with Crippen LogP contribution in [0.4, 0.5) is 11.5 Å². The van der Waals surface area contributed by atoms with Crippen LogP contribution in [-0.2, 0) is 9.84 Å². The van der Waals surface area contributed by atoms with Gasteiger partial charge in [-0.15, -0.1) is 0 Å². The van der Waals surface area contributed by atoms with Crippen molar-refractivity contribution in [3.05, 3.63) is 53.2 Å². The average molecular weight is 366 g/mol. The van der Waals surface area contributed by atoms with E-state index in [0.717, 1.165) is 0 Å². The second kappa shape index (κ2) is 6.78. The molecule has 1 aliphatic heterocycles. The van der Waals surface area contributed by atoms with Gasteiger partial charge in [0.15, 0.2) is 9.84 Å². The quantitative estimate of drug-likeness (QED) is 0.869. The number of amides is 1. The number of anilines is 2. The smallest absolute Gasteiger partial charge is 0.255 e. The predicted molar refractivity (Wildman–Crippen MR) is 94.3 cm³/mol. The maximum atomic E-state index is 12.3. The summed E-state index contributed by atoms with van der Waals surface area (Å²) in [4.78, 5) is 16.5. The van der Waals surface area contributed by atoms with Crippen molar-refractivity contribution in [2.24, 2.45) is 0 Å². The third-order valence-corrected chi connectivity index (χ3v) is 5.83. The van der Waals surface area contributed by atoms with Gasteiger partial charge in [0.2, 0.25) is 0 Å². The molecular formula is C16H16ClN3O3S. The number of rotatable bonds is 4. The van der Waals surface area contributed by atoms with Gasteiger partial charge in [-0.25, -0.2) is 13.4 Å². The molecule has 1 aromatic heterocycles. The Morgan fingerprint density at radius 2 is 2.04 bits per heavy atom. The Hall–Kier alpha value is -2.12. The van der Waals surface area contributed by atoms with E-state index in [1.165, 1.54) is 6.20 Å². The summed E-state index contributed by atoms with van der Waals surface area (Å²) in [5.41, 5.74) is 0.936. The molecule has 1 aromatic carbocycles. The number of hydrogen-bond donors (Lipinski definition) is 2. The van der Waals surface area contributed by atoms with E-state index in [4.69, 9.17) is 11.6 Å². The predicted octanol–water partition coefficient (Wildman–Crippen LogP) is 2.59. The highest BCUT2D eigenvalue weighted by Crippen LogP contribution is 2.22. The number of nitrogens with zero attached hydrogens (tertiary/aromatic N) is 1. The van der Waals surface area contributed by atoms with Gasteiger partial charge >= 0.3 is 0 Å². The van der Waals surface area contributed by atoms with Crippen molar-refractivity contribution in [1.82, 2.24) is 4.98 Å². The molecule has 126 valence electrons. The summed E-state index contributed by atoms with van der Waals surface area (Å²) in [6.07, 6.45) is 2.05. The SMILES string of the molecule is O=C(Nc1ccccc1Cl)c1ccnc(NC2CCS(=O)(=O)C2)c1. The number of para-hydroxylation sites is 1. The average Bonchev–Trinajstić information content (AvgIpc) is 2.88. The van der Waals surface area contributed by atoms with Crippen LogP contribution in [0.1, 0.15) is 16.8 Å². The van der Waals surface area contributed by atoms with Gasteiger partial charge in [-0.05, 0) is 30.7 Å². The summed E-state index contributed by atoms with van der Waals surface area (Å²) >= 11 is 6.03. The fourth-order valence-electron chi connectivity index (χ4n) is 2.53. The molecule has 1 fully saturated rings. The minimum absolute atomic E-state index is 0.0880. The van der Waals surface area contributed by atoms with E-state index < -0.39 is 9.84 Å². The molecular weight excluding hydrogens is 350 g/mol. The number of hydrogen-bond acceptors (Lipinski definition) is 5. The molecule has 24 heavy (non-hydrogen) atoms. The molecule has 2 aromatic rings. The maximum Gasteiger partial charge on any atom is 0.255 e. The molecule has 1 amide bonds. The Bertz CT molecular complexity index is 870. The molecule has 1 atom stereocenters. The number of benzene rings is 1. The Morgan fingerprint density at radius 3 is 2.75 bits per heavy atom. The van der Waals surface area contributed by atoms with Crippen molar-refractivity contribution in [1.29, 1.82) is 0 Å². The number of sulfone groups is 1. The van der Waals surface area contributed by atoms with Crippen LogP contribution < -0.4 is 10.6 Å². The lowest BCUT2D eigenvalue weighted by atomic mass is 10.2. The van der Waals surface area contributed by atoms with Gasteiger partial charge in [0, 0.05) is 17.8 Å². The van der Waals surface area contributed by atoms with Crippen molar-refractivity contribution in [2.45, 2.75) is 12.5 Å². The summed E-state index contributed by atoms with van der Waals surface area (Å²) in [6.45, 7) is 0. The fraction of sp³-hybridized carbons (Fsp3) is 0.250. The highest BCUT2D eigenvalue weighted by molar-refractivity contribution is 7.91. The zero-order valence-corrected chi connectivity index (χ0v) is 14.3. The van der Waals surface area contributed by atoms with Crippen molar-refractivity contribution in [3.63, 3.8) is 0 Å². The van der Waals surface area contributed by atoms with Crippen LogP contribution in [0.2, 0.25) is 5.02 Å². The molecule has 0 aliphatic carbocycles. The minimum atomic E-state index is -2.97. The van der Waals surface area contributed by atoms with Gasteiger partial charge in [0.1, 0.15) is 5.82 Å². The van der Waals surface area contributed by atoms with Gasteiger partial charge in [-0.1, -0.05) is 23.7 Å². The third kappa shape index (κ3) is 4.04. The van der Waals surface area contributed by atoms with Crippen LogP contribution in [0.3, 0.4) is 0 Å². The van der Waals surface area contributed by atoms with Crippen molar-refractivity contribution in [3.8, 4) is 0 Å². The first kappa shape index (κ1) is 16.7. The van der Waals surface area contributed by atoms with Gasteiger partial charge in [0.25, 0.3) is 5.91 Å². The first-order valence-electron chi connectivity index (χ1n) is 7.42. The summed E-state index contributed by atoms with van der Waals surface area (Å²) < 4.78 is 23.0. The Morgan fingerprint density at radius 1 is 1.25 bits per heavy atom. The van der Waals surface area contributed by atoms with Crippen molar-refractivity contribution in [2.75, 3.05) is 22.1 Å². The van der Waals surface area contributed by atoms with E-state index >= 15 is 0 Å². The number of halogens is 1. The van der Waals surface area contributed by atoms with Crippen LogP contribution >= 0.6 is 11.6 Å². The highest BCUT2D eigenvalue weighted by atomic mass is 35.5. The molecule has 3 rings (SSSR count). The third-order valence-electron chi connectivity index (χ3n) is 3.73. The molecule has 1 aliphatic rings. The molecule has 6 nitrogen and oxygen atoms in total. The largest absolute Gasteiger partial charge is 0.366 e. The van der Waals surface area contributed by atoms with E-state index in [1.807, 2.05) is 0 Å². The lowest BCUT2D eigenvalue weighted by Gasteiger charge is -2.12. The van der Waals surface area contributed by atoms with Crippen molar-refractivity contribution >= 4 is 38.9 Å². The van der Waals surface area contributed by atoms with E-state index in [9.17, 15) is 13.2 Å². The standard InChI is InChI=1S/C16H16ClN3O3S/c17-13-3-1-2-4-14(13)20-16(21)11-5-7-18-15(9-11)19-12-6-8-24(22,23)10-12/h1-5,7,9,12H,6,8,10H2,(H,18,19)(H,20,21). The molecule has 1 unspecified atom stereocenters. The number of nitrogens with one attached hydrogen (secondary N) is 2. The van der Waals surface area contributed by atoms with Crippen LogP contribution in [0, 0.1) is 0 Å². The molecule has 1 saturated heterocycles. The Labute approximate surface area is 145 Å². The van der Waals surface area contributed by atoms with Gasteiger partial charge in [0.05, 0.1) is 22.2 Å². The molecule has 0 radical (unpaired) electrons. The number of aromatic nitrogens is 1. The molecule has 8 heteroatoms. The van der Waals surface area contributed by atoms with Crippen molar-refractivity contribution < 1.29 is 13.2 Å². The topological polar surface area (TPSA) is 88.2 Å². The monoisotopic (exact) mass is 365 g/mol. The second-order valence-electron chi connectivity index (χ2n) is 5.61. The number of carbonyl (C=O) groups is 1. The Kier molecular flexibility index (Phi) is 4.73. The van der Waals surface area contributed by atoms with Gasteiger partial charge < -0.3 is 10.6 Å². The van der Waals surface area contributed by atoms with Gasteiger partial charge in [-0.2, -0.15) is 0 Å². The summed E-state index contributed by atoms with van der Waals surface area (Å²) in [7, 11) is -2.97. The molecule has 2 heterocycles. The second-order valence-corrected chi connectivity index (χ2v) is 8.24. The Balaban J connectivity index is 1.71. The molecule has 0 spiro atoms. The van der Waals surface area contributed by atoms with E-state index in [-0.39, 0.29) is 23.5 Å². The van der Waals surface area contributed by atoms with Crippen LogP contribution in [0.5, 0.6) is 0 Å².